The van der Waals surface area contributed by atoms with Crippen molar-refractivity contribution in [3.8, 4) is 11.5 Å². The van der Waals surface area contributed by atoms with E-state index in [4.69, 9.17) is 9.47 Å². The summed E-state index contributed by atoms with van der Waals surface area (Å²) < 4.78 is 11.2. The lowest BCUT2D eigenvalue weighted by Gasteiger charge is -2.18. The summed E-state index contributed by atoms with van der Waals surface area (Å²) >= 11 is 4.54. The summed E-state index contributed by atoms with van der Waals surface area (Å²) in [7, 11) is 0. The molecular formula is C13H18O2S. The highest BCUT2D eigenvalue weighted by atomic mass is 32.1. The summed E-state index contributed by atoms with van der Waals surface area (Å²) in [6.07, 6.45) is 1.87. The third kappa shape index (κ3) is 3.08. The van der Waals surface area contributed by atoms with E-state index in [0.717, 1.165) is 37.6 Å². The molecule has 0 aliphatic carbocycles. The predicted octanol–water partition coefficient (Wildman–Crippen LogP) is 3.10. The Morgan fingerprint density at radius 3 is 2.56 bits per heavy atom. The van der Waals surface area contributed by atoms with Crippen molar-refractivity contribution in [1.29, 1.82) is 0 Å². The summed E-state index contributed by atoms with van der Waals surface area (Å²) in [5, 5.41) is 0. The minimum Gasteiger partial charge on any atom is -0.490 e. The second kappa shape index (κ2) is 4.58. The number of hydrogen-bond acceptors (Lipinski definition) is 3. The van der Waals surface area contributed by atoms with Gasteiger partial charge in [0, 0.05) is 11.2 Å². The van der Waals surface area contributed by atoms with Crippen LogP contribution in [0.1, 0.15) is 25.8 Å². The van der Waals surface area contributed by atoms with E-state index >= 15 is 0 Å². The zero-order valence-corrected chi connectivity index (χ0v) is 10.7. The van der Waals surface area contributed by atoms with Crippen molar-refractivity contribution < 1.29 is 9.47 Å². The monoisotopic (exact) mass is 238 g/mol. The summed E-state index contributed by atoms with van der Waals surface area (Å²) in [5.41, 5.74) is 1.24. The molecular weight excluding hydrogens is 220 g/mol. The average Bonchev–Trinajstić information content (AvgIpc) is 2.39. The maximum absolute atomic E-state index is 5.65. The van der Waals surface area contributed by atoms with Crippen molar-refractivity contribution in [2.45, 2.75) is 31.4 Å². The molecule has 0 aromatic heterocycles. The molecule has 0 N–H and O–H groups in total. The Bertz CT molecular complexity index is 369. The van der Waals surface area contributed by atoms with Crippen LogP contribution in [0.4, 0.5) is 0 Å². The van der Waals surface area contributed by atoms with Gasteiger partial charge in [-0.25, -0.2) is 0 Å². The van der Waals surface area contributed by atoms with Crippen molar-refractivity contribution in [2.24, 2.45) is 0 Å². The molecule has 0 atom stereocenters. The van der Waals surface area contributed by atoms with Crippen LogP contribution >= 0.6 is 12.6 Å². The molecule has 1 aromatic carbocycles. The maximum atomic E-state index is 5.65. The Balaban J connectivity index is 2.21. The highest BCUT2D eigenvalue weighted by molar-refractivity contribution is 7.81. The summed E-state index contributed by atoms with van der Waals surface area (Å²) in [6.45, 7) is 5.70. The van der Waals surface area contributed by atoms with E-state index in [1.54, 1.807) is 0 Å². The summed E-state index contributed by atoms with van der Waals surface area (Å²) in [4.78, 5) is 0. The van der Waals surface area contributed by atoms with Crippen LogP contribution in [0.15, 0.2) is 18.2 Å². The zero-order valence-electron chi connectivity index (χ0n) is 9.82. The highest BCUT2D eigenvalue weighted by Gasteiger charge is 2.15. The number of ether oxygens (including phenoxy) is 2. The van der Waals surface area contributed by atoms with Crippen LogP contribution in [0.3, 0.4) is 0 Å². The Hall–Kier alpha value is -0.830. The molecule has 0 spiro atoms. The molecule has 3 heteroatoms. The van der Waals surface area contributed by atoms with Gasteiger partial charge in [-0.05, 0) is 24.1 Å². The first-order valence-electron chi connectivity index (χ1n) is 5.65. The number of thiol groups is 1. The molecule has 0 amide bonds. The van der Waals surface area contributed by atoms with Gasteiger partial charge in [-0.2, -0.15) is 12.6 Å². The maximum Gasteiger partial charge on any atom is 0.161 e. The molecule has 0 saturated carbocycles. The third-order valence-corrected chi connectivity index (χ3v) is 2.61. The van der Waals surface area contributed by atoms with Crippen LogP contribution in [0.2, 0.25) is 0 Å². The third-order valence-electron chi connectivity index (χ3n) is 2.45. The van der Waals surface area contributed by atoms with E-state index in [1.807, 2.05) is 6.07 Å². The molecule has 1 aromatic rings. The van der Waals surface area contributed by atoms with Crippen LogP contribution in [-0.4, -0.2) is 18.0 Å². The van der Waals surface area contributed by atoms with Gasteiger partial charge in [0.2, 0.25) is 0 Å². The van der Waals surface area contributed by atoms with Crippen molar-refractivity contribution in [2.75, 3.05) is 13.2 Å². The molecule has 2 nitrogen and oxygen atoms in total. The van der Waals surface area contributed by atoms with Gasteiger partial charge in [-0.1, -0.05) is 19.9 Å². The van der Waals surface area contributed by atoms with E-state index in [1.165, 1.54) is 5.56 Å². The van der Waals surface area contributed by atoms with Gasteiger partial charge in [0.15, 0.2) is 11.5 Å². The smallest absolute Gasteiger partial charge is 0.161 e. The standard InChI is InChI=1S/C13H18O2S/c1-13(2,16)9-10-4-5-11-12(8-10)15-7-3-6-14-11/h4-5,8,16H,3,6-7,9H2,1-2H3. The molecule has 0 radical (unpaired) electrons. The van der Waals surface area contributed by atoms with Gasteiger partial charge in [0.1, 0.15) is 0 Å². The van der Waals surface area contributed by atoms with Gasteiger partial charge in [-0.3, -0.25) is 0 Å². The molecule has 1 heterocycles. The Morgan fingerprint density at radius 1 is 1.19 bits per heavy atom. The fraction of sp³-hybridized carbons (Fsp3) is 0.538. The Kier molecular flexibility index (Phi) is 3.33. The molecule has 1 aliphatic heterocycles. The molecule has 2 rings (SSSR count). The van der Waals surface area contributed by atoms with Crippen molar-refractivity contribution in [1.82, 2.24) is 0 Å². The lowest BCUT2D eigenvalue weighted by molar-refractivity contribution is 0.297. The van der Waals surface area contributed by atoms with Crippen LogP contribution in [0, 0.1) is 0 Å². The molecule has 0 fully saturated rings. The van der Waals surface area contributed by atoms with Crippen molar-refractivity contribution in [3.05, 3.63) is 23.8 Å². The van der Waals surface area contributed by atoms with Crippen LogP contribution in [0.5, 0.6) is 11.5 Å². The van der Waals surface area contributed by atoms with Crippen LogP contribution < -0.4 is 9.47 Å². The van der Waals surface area contributed by atoms with Gasteiger partial charge >= 0.3 is 0 Å². The Labute approximate surface area is 102 Å². The fourth-order valence-corrected chi connectivity index (χ4v) is 2.00. The lowest BCUT2D eigenvalue weighted by Crippen LogP contribution is -2.14. The van der Waals surface area contributed by atoms with E-state index in [0.29, 0.717) is 0 Å². The molecule has 0 bridgehead atoms. The predicted molar refractivity (Wildman–Crippen MR) is 68.8 cm³/mol. The minimum absolute atomic E-state index is 0.000176. The highest BCUT2D eigenvalue weighted by Crippen LogP contribution is 2.32. The number of benzene rings is 1. The minimum atomic E-state index is -0.000176. The normalized spacial score (nSPS) is 15.7. The Morgan fingerprint density at radius 2 is 1.88 bits per heavy atom. The van der Waals surface area contributed by atoms with Crippen molar-refractivity contribution >= 4 is 12.6 Å². The van der Waals surface area contributed by atoms with Crippen LogP contribution in [0.25, 0.3) is 0 Å². The van der Waals surface area contributed by atoms with Gasteiger partial charge in [0.25, 0.3) is 0 Å². The van der Waals surface area contributed by atoms with Gasteiger partial charge < -0.3 is 9.47 Å². The van der Waals surface area contributed by atoms with E-state index in [2.05, 4.69) is 38.6 Å². The first-order valence-corrected chi connectivity index (χ1v) is 6.10. The number of rotatable bonds is 2. The molecule has 16 heavy (non-hydrogen) atoms. The van der Waals surface area contributed by atoms with E-state index in [9.17, 15) is 0 Å². The molecule has 1 aliphatic rings. The summed E-state index contributed by atoms with van der Waals surface area (Å²) in [5.74, 6) is 1.73. The first-order chi connectivity index (χ1) is 7.54. The molecule has 88 valence electrons. The SMILES string of the molecule is CC(C)(S)Cc1ccc2c(c1)OCCCO2. The van der Waals surface area contributed by atoms with Gasteiger partial charge in [-0.15, -0.1) is 0 Å². The second-order valence-corrected chi connectivity index (χ2v) is 6.03. The van der Waals surface area contributed by atoms with Crippen LogP contribution in [-0.2, 0) is 6.42 Å². The van der Waals surface area contributed by atoms with E-state index < -0.39 is 0 Å². The topological polar surface area (TPSA) is 18.5 Å². The fourth-order valence-electron chi connectivity index (χ4n) is 1.82. The zero-order chi connectivity index (χ0) is 11.6. The van der Waals surface area contributed by atoms with Gasteiger partial charge in [0.05, 0.1) is 13.2 Å². The van der Waals surface area contributed by atoms with Crippen molar-refractivity contribution in [3.63, 3.8) is 0 Å². The quantitative estimate of drug-likeness (QED) is 0.798. The number of hydrogen-bond donors (Lipinski definition) is 1. The molecule has 0 saturated heterocycles. The summed E-state index contributed by atoms with van der Waals surface area (Å²) in [6, 6.07) is 6.15. The number of fused-ring (bicyclic) bond motifs is 1. The molecule has 0 unspecified atom stereocenters. The first kappa shape index (κ1) is 11.6. The largest absolute Gasteiger partial charge is 0.490 e. The van der Waals surface area contributed by atoms with E-state index in [-0.39, 0.29) is 4.75 Å². The second-order valence-electron chi connectivity index (χ2n) is 4.82. The lowest BCUT2D eigenvalue weighted by atomic mass is 10.0. The average molecular weight is 238 g/mol.